The maximum atomic E-state index is 13.4. The fourth-order valence-corrected chi connectivity index (χ4v) is 6.66. The van der Waals surface area contributed by atoms with Crippen LogP contribution >= 0.6 is 0 Å². The van der Waals surface area contributed by atoms with E-state index in [1.807, 2.05) is 22.9 Å². The minimum Gasteiger partial charge on any atom is -0.393 e. The quantitative estimate of drug-likeness (QED) is 0.218. The van der Waals surface area contributed by atoms with Crippen LogP contribution in [0.15, 0.2) is 60.9 Å². The Morgan fingerprint density at radius 1 is 0.935 bits per heavy atom. The molecule has 0 bridgehead atoms. The smallest absolute Gasteiger partial charge is 0.314 e. The molecular formula is C34H40N8O4. The van der Waals surface area contributed by atoms with Crippen LogP contribution in [-0.2, 0) is 19.1 Å². The molecule has 1 atom stereocenters. The first-order valence-corrected chi connectivity index (χ1v) is 15.9. The lowest BCUT2D eigenvalue weighted by Crippen LogP contribution is -2.49. The molecule has 1 unspecified atom stereocenters. The number of aromatic nitrogens is 4. The summed E-state index contributed by atoms with van der Waals surface area (Å²) in [6.45, 7) is 5.65. The second kappa shape index (κ2) is 13.8. The molecule has 0 spiro atoms. The molecule has 6 rings (SSSR count). The summed E-state index contributed by atoms with van der Waals surface area (Å²) >= 11 is 0. The maximum absolute atomic E-state index is 13.4. The molecule has 1 saturated heterocycles. The van der Waals surface area contributed by atoms with Gasteiger partial charge in [0.05, 0.1) is 23.8 Å². The third-order valence-electron chi connectivity index (χ3n) is 9.16. The molecule has 2 aromatic heterocycles. The molecule has 12 nitrogen and oxygen atoms in total. The van der Waals surface area contributed by atoms with Crippen LogP contribution < -0.4 is 11.1 Å². The van der Waals surface area contributed by atoms with E-state index < -0.39 is 17.9 Å². The Hall–Kier alpha value is -4.68. The third-order valence-corrected chi connectivity index (χ3v) is 9.16. The fraction of sp³-hybridized carbons (Fsp3) is 0.412. The SMILES string of the molecule is CC(=O)OC(=O)CC(C(=O)Nc1ccc(-c2nn(C3CCC(N4CCN(C)CC4)CC3)c3ncnc(N)c23)cc1)c1ccccc1. The lowest BCUT2D eigenvalue weighted by atomic mass is 9.90. The summed E-state index contributed by atoms with van der Waals surface area (Å²) in [7, 11) is 2.19. The van der Waals surface area contributed by atoms with Crippen molar-refractivity contribution in [3.63, 3.8) is 0 Å². The highest BCUT2D eigenvalue weighted by Crippen LogP contribution is 2.37. The van der Waals surface area contributed by atoms with E-state index in [4.69, 9.17) is 15.6 Å². The van der Waals surface area contributed by atoms with Gasteiger partial charge in [-0.15, -0.1) is 0 Å². The second-order valence-corrected chi connectivity index (χ2v) is 12.3. The molecule has 12 heteroatoms. The molecule has 1 aliphatic heterocycles. The van der Waals surface area contributed by atoms with Crippen LogP contribution in [0.5, 0.6) is 0 Å². The average molecular weight is 625 g/mol. The molecule has 3 heterocycles. The number of likely N-dealkylation sites (N-methyl/N-ethyl adjacent to an activating group) is 1. The van der Waals surface area contributed by atoms with Crippen LogP contribution in [-0.4, -0.2) is 86.7 Å². The molecule has 3 N–H and O–H groups in total. The van der Waals surface area contributed by atoms with Gasteiger partial charge in [-0.05, 0) is 50.4 Å². The van der Waals surface area contributed by atoms with Gasteiger partial charge in [0, 0.05) is 50.4 Å². The minimum atomic E-state index is -0.837. The number of amides is 1. The lowest BCUT2D eigenvalue weighted by Gasteiger charge is -2.41. The number of esters is 2. The van der Waals surface area contributed by atoms with Crippen molar-refractivity contribution < 1.29 is 19.1 Å². The number of ether oxygens (including phenoxy) is 1. The van der Waals surface area contributed by atoms with Gasteiger partial charge in [0.2, 0.25) is 5.91 Å². The highest BCUT2D eigenvalue weighted by atomic mass is 16.6. The summed E-state index contributed by atoms with van der Waals surface area (Å²) in [5.74, 6) is -2.33. The van der Waals surface area contributed by atoms with Crippen LogP contribution in [0, 0.1) is 0 Å². The van der Waals surface area contributed by atoms with Crippen molar-refractivity contribution in [3.05, 3.63) is 66.5 Å². The molecule has 2 fully saturated rings. The molecule has 4 aromatic rings. The summed E-state index contributed by atoms with van der Waals surface area (Å²) in [5, 5.41) is 8.67. The standard InChI is InChI=1S/C34H40N8O4/c1-22(43)46-29(44)20-28(23-6-4-3-5-7-23)34(45)38-25-10-8-24(9-11-25)31-30-32(35)36-21-37-33(30)42(39-31)27-14-12-26(13-15-27)41-18-16-40(2)17-19-41/h3-11,21,26-28H,12-20H2,1-2H3,(H,38,45)(H2,35,36,37). The summed E-state index contributed by atoms with van der Waals surface area (Å²) in [6.07, 6.45) is 5.50. The molecule has 2 aliphatic rings. The van der Waals surface area contributed by atoms with E-state index >= 15 is 0 Å². The van der Waals surface area contributed by atoms with E-state index in [1.165, 1.54) is 6.33 Å². The van der Waals surface area contributed by atoms with Crippen molar-refractivity contribution in [2.24, 2.45) is 0 Å². The Labute approximate surface area is 267 Å². The minimum absolute atomic E-state index is 0.220. The monoisotopic (exact) mass is 624 g/mol. The first kappa shape index (κ1) is 31.3. The van der Waals surface area contributed by atoms with E-state index in [0.717, 1.165) is 70.0 Å². The fourth-order valence-electron chi connectivity index (χ4n) is 6.66. The number of hydrogen-bond acceptors (Lipinski definition) is 10. The zero-order valence-corrected chi connectivity index (χ0v) is 26.3. The molecule has 1 saturated carbocycles. The van der Waals surface area contributed by atoms with Gasteiger partial charge in [-0.2, -0.15) is 5.10 Å². The predicted octanol–water partition coefficient (Wildman–Crippen LogP) is 4.01. The van der Waals surface area contributed by atoms with Crippen LogP contribution in [0.3, 0.4) is 0 Å². The predicted molar refractivity (Wildman–Crippen MR) is 175 cm³/mol. The Bertz CT molecular complexity index is 1690. The number of rotatable bonds is 8. The Kier molecular flexibility index (Phi) is 9.36. The van der Waals surface area contributed by atoms with E-state index in [1.54, 1.807) is 36.4 Å². The van der Waals surface area contributed by atoms with Crippen molar-refractivity contribution in [1.29, 1.82) is 0 Å². The highest BCUT2D eigenvalue weighted by molar-refractivity contribution is 6.00. The van der Waals surface area contributed by atoms with Crippen LogP contribution in [0.2, 0.25) is 0 Å². The zero-order valence-electron chi connectivity index (χ0n) is 26.3. The number of carbonyl (C=O) groups excluding carboxylic acids is 3. The number of hydrogen-bond donors (Lipinski definition) is 2. The van der Waals surface area contributed by atoms with Crippen molar-refractivity contribution >= 4 is 40.4 Å². The molecular weight excluding hydrogens is 584 g/mol. The van der Waals surface area contributed by atoms with Gasteiger partial charge in [-0.1, -0.05) is 42.5 Å². The topological polar surface area (TPSA) is 149 Å². The first-order chi connectivity index (χ1) is 22.3. The van der Waals surface area contributed by atoms with Crippen molar-refractivity contribution in [2.75, 3.05) is 44.3 Å². The van der Waals surface area contributed by atoms with Crippen molar-refractivity contribution in [3.8, 4) is 11.3 Å². The summed E-state index contributed by atoms with van der Waals surface area (Å²) < 4.78 is 6.73. The van der Waals surface area contributed by atoms with Gasteiger partial charge in [0.25, 0.3) is 0 Å². The van der Waals surface area contributed by atoms with E-state index in [2.05, 4.69) is 32.1 Å². The average Bonchev–Trinajstić information content (AvgIpc) is 3.45. The highest BCUT2D eigenvalue weighted by Gasteiger charge is 2.31. The summed E-state index contributed by atoms with van der Waals surface area (Å²) in [5.41, 5.74) is 9.82. The van der Waals surface area contributed by atoms with Gasteiger partial charge in [0.1, 0.15) is 17.8 Å². The number of nitrogens with two attached hydrogens (primary N) is 1. The van der Waals surface area contributed by atoms with Gasteiger partial charge in [-0.25, -0.2) is 14.6 Å². The largest absolute Gasteiger partial charge is 0.393 e. The number of benzene rings is 2. The van der Waals surface area contributed by atoms with E-state index in [-0.39, 0.29) is 18.4 Å². The summed E-state index contributed by atoms with van der Waals surface area (Å²) in [4.78, 5) is 50.8. The Balaban J connectivity index is 1.19. The number of nitrogens with one attached hydrogen (secondary N) is 1. The van der Waals surface area contributed by atoms with Gasteiger partial charge < -0.3 is 20.7 Å². The number of piperazine rings is 1. The van der Waals surface area contributed by atoms with Gasteiger partial charge >= 0.3 is 11.9 Å². The Morgan fingerprint density at radius 2 is 1.61 bits per heavy atom. The maximum Gasteiger partial charge on any atom is 0.314 e. The van der Waals surface area contributed by atoms with Crippen molar-refractivity contribution in [1.82, 2.24) is 29.5 Å². The Morgan fingerprint density at radius 3 is 2.28 bits per heavy atom. The zero-order chi connectivity index (χ0) is 32.2. The number of anilines is 2. The molecule has 1 aliphatic carbocycles. The number of nitrogen functional groups attached to an aromatic ring is 1. The van der Waals surface area contributed by atoms with Crippen LogP contribution in [0.25, 0.3) is 22.3 Å². The molecule has 1 amide bonds. The molecule has 2 aromatic carbocycles. The summed E-state index contributed by atoms with van der Waals surface area (Å²) in [6, 6.07) is 17.1. The third kappa shape index (κ3) is 6.92. The first-order valence-electron chi connectivity index (χ1n) is 15.9. The number of nitrogens with zero attached hydrogens (tertiary/aromatic N) is 6. The number of carbonyl (C=O) groups is 3. The number of fused-ring (bicyclic) bond motifs is 1. The van der Waals surface area contributed by atoms with Crippen molar-refractivity contribution in [2.45, 2.75) is 57.0 Å². The molecule has 240 valence electrons. The van der Waals surface area contributed by atoms with E-state index in [0.29, 0.717) is 34.2 Å². The van der Waals surface area contributed by atoms with E-state index in [9.17, 15) is 14.4 Å². The van der Waals surface area contributed by atoms with Crippen LogP contribution in [0.4, 0.5) is 11.5 Å². The van der Waals surface area contributed by atoms with Gasteiger partial charge in [-0.3, -0.25) is 19.3 Å². The molecule has 0 radical (unpaired) electrons. The van der Waals surface area contributed by atoms with Crippen LogP contribution in [0.1, 0.15) is 56.6 Å². The second-order valence-electron chi connectivity index (χ2n) is 12.3. The molecule has 46 heavy (non-hydrogen) atoms. The lowest BCUT2D eigenvalue weighted by molar-refractivity contribution is -0.158. The normalized spacial score (nSPS) is 19.9. The van der Waals surface area contributed by atoms with Gasteiger partial charge in [0.15, 0.2) is 5.65 Å².